The second-order valence-corrected chi connectivity index (χ2v) is 5.45. The van der Waals surface area contributed by atoms with Crippen LogP contribution in [0.4, 0.5) is 4.39 Å². The molecule has 3 rings (SSSR count). The van der Waals surface area contributed by atoms with Gasteiger partial charge >= 0.3 is 0 Å². The Bertz CT molecular complexity index is 816. The number of nitrogens with one attached hydrogen (secondary N) is 1. The van der Waals surface area contributed by atoms with Crippen LogP contribution in [0.1, 0.15) is 29.0 Å². The van der Waals surface area contributed by atoms with E-state index in [1.807, 2.05) is 37.3 Å². The highest BCUT2D eigenvalue weighted by Gasteiger charge is 2.16. The van der Waals surface area contributed by atoms with E-state index in [2.05, 4.69) is 15.5 Å². The highest BCUT2D eigenvalue weighted by molar-refractivity contribution is 5.90. The van der Waals surface area contributed by atoms with E-state index in [1.54, 1.807) is 0 Å². The number of halogens is 1. The van der Waals surface area contributed by atoms with Crippen molar-refractivity contribution in [2.75, 3.05) is 6.54 Å². The van der Waals surface area contributed by atoms with Crippen LogP contribution in [0.25, 0.3) is 11.5 Å². The second-order valence-electron chi connectivity index (χ2n) is 5.45. The number of hydrogen-bond donors (Lipinski definition) is 1. The Morgan fingerprint density at radius 2 is 1.88 bits per heavy atom. The summed E-state index contributed by atoms with van der Waals surface area (Å²) >= 11 is 0. The standard InChI is InChI=1S/C18H16FN3O2/c1-12(13-5-3-2-4-6-13)11-20-17(23)16-21-18(24-22-16)14-7-9-15(19)10-8-14/h2-10,12H,11H2,1H3,(H,20,23)/t12-/m0/s1. The maximum Gasteiger partial charge on any atom is 0.292 e. The lowest BCUT2D eigenvalue weighted by molar-refractivity contribution is 0.0938. The van der Waals surface area contributed by atoms with Crippen LogP contribution >= 0.6 is 0 Å². The van der Waals surface area contributed by atoms with Crippen LogP contribution in [-0.2, 0) is 0 Å². The molecule has 0 spiro atoms. The molecule has 0 aliphatic heterocycles. The molecule has 1 N–H and O–H groups in total. The Hall–Kier alpha value is -3.02. The molecule has 1 aromatic heterocycles. The highest BCUT2D eigenvalue weighted by Crippen LogP contribution is 2.17. The zero-order valence-corrected chi connectivity index (χ0v) is 13.1. The lowest BCUT2D eigenvalue weighted by Gasteiger charge is -2.11. The largest absolute Gasteiger partial charge is 0.349 e. The van der Waals surface area contributed by atoms with Gasteiger partial charge in [-0.05, 0) is 35.7 Å². The van der Waals surface area contributed by atoms with Crippen LogP contribution < -0.4 is 5.32 Å². The number of nitrogens with zero attached hydrogens (tertiary/aromatic N) is 2. The van der Waals surface area contributed by atoms with E-state index in [9.17, 15) is 9.18 Å². The third-order valence-corrected chi connectivity index (χ3v) is 3.66. The fourth-order valence-electron chi connectivity index (χ4n) is 2.25. The van der Waals surface area contributed by atoms with Crippen LogP contribution in [0.15, 0.2) is 59.1 Å². The molecule has 5 nitrogen and oxygen atoms in total. The van der Waals surface area contributed by atoms with Gasteiger partial charge in [0.1, 0.15) is 5.82 Å². The van der Waals surface area contributed by atoms with Gasteiger partial charge in [0.15, 0.2) is 0 Å². The molecule has 0 fully saturated rings. The molecule has 0 radical (unpaired) electrons. The van der Waals surface area contributed by atoms with Crippen molar-refractivity contribution in [3.63, 3.8) is 0 Å². The molecule has 0 aliphatic rings. The molecule has 24 heavy (non-hydrogen) atoms. The third kappa shape index (κ3) is 3.65. The van der Waals surface area contributed by atoms with Gasteiger partial charge < -0.3 is 9.84 Å². The maximum absolute atomic E-state index is 12.9. The van der Waals surface area contributed by atoms with Crippen molar-refractivity contribution in [2.45, 2.75) is 12.8 Å². The van der Waals surface area contributed by atoms with Crippen LogP contribution in [0, 0.1) is 5.82 Å². The van der Waals surface area contributed by atoms with Crippen molar-refractivity contribution in [2.24, 2.45) is 0 Å². The van der Waals surface area contributed by atoms with Crippen molar-refractivity contribution in [3.8, 4) is 11.5 Å². The average molecular weight is 325 g/mol. The first-order valence-electron chi connectivity index (χ1n) is 7.56. The van der Waals surface area contributed by atoms with Gasteiger partial charge in [0.25, 0.3) is 17.6 Å². The lowest BCUT2D eigenvalue weighted by Crippen LogP contribution is -2.28. The summed E-state index contributed by atoms with van der Waals surface area (Å²) in [7, 11) is 0. The van der Waals surface area contributed by atoms with E-state index in [0.29, 0.717) is 12.1 Å². The molecule has 0 saturated heterocycles. The Kier molecular flexibility index (Phi) is 4.65. The molecule has 0 unspecified atom stereocenters. The van der Waals surface area contributed by atoms with Gasteiger partial charge in [-0.3, -0.25) is 4.79 Å². The molecular formula is C18H16FN3O2. The normalized spacial score (nSPS) is 11.9. The van der Waals surface area contributed by atoms with Gasteiger partial charge in [-0.2, -0.15) is 4.98 Å². The van der Waals surface area contributed by atoms with Crippen molar-refractivity contribution in [3.05, 3.63) is 71.8 Å². The Morgan fingerprint density at radius 3 is 2.58 bits per heavy atom. The molecular weight excluding hydrogens is 309 g/mol. The van der Waals surface area contributed by atoms with Crippen LogP contribution in [0.2, 0.25) is 0 Å². The summed E-state index contributed by atoms with van der Waals surface area (Å²) in [6.45, 7) is 2.49. The summed E-state index contributed by atoms with van der Waals surface area (Å²) in [5.74, 6) is -0.467. The summed E-state index contributed by atoms with van der Waals surface area (Å²) < 4.78 is 18.0. The van der Waals surface area contributed by atoms with E-state index in [1.165, 1.54) is 24.3 Å². The van der Waals surface area contributed by atoms with Gasteiger partial charge in [0, 0.05) is 12.1 Å². The fourth-order valence-corrected chi connectivity index (χ4v) is 2.25. The minimum absolute atomic E-state index is 0.0467. The van der Waals surface area contributed by atoms with Crippen molar-refractivity contribution >= 4 is 5.91 Å². The number of benzene rings is 2. The topological polar surface area (TPSA) is 68.0 Å². The summed E-state index contributed by atoms with van der Waals surface area (Å²) in [5.41, 5.74) is 1.69. The Balaban J connectivity index is 1.63. The first-order chi connectivity index (χ1) is 11.6. The van der Waals surface area contributed by atoms with Crippen molar-refractivity contribution in [1.82, 2.24) is 15.5 Å². The van der Waals surface area contributed by atoms with E-state index >= 15 is 0 Å². The first-order valence-corrected chi connectivity index (χ1v) is 7.56. The Morgan fingerprint density at radius 1 is 1.17 bits per heavy atom. The summed E-state index contributed by atoms with van der Waals surface area (Å²) in [5, 5.41) is 6.46. The van der Waals surface area contributed by atoms with Crippen molar-refractivity contribution in [1.29, 1.82) is 0 Å². The van der Waals surface area contributed by atoms with Crippen LogP contribution in [0.5, 0.6) is 0 Å². The number of aromatic nitrogens is 2. The number of rotatable bonds is 5. The quantitative estimate of drug-likeness (QED) is 0.780. The summed E-state index contributed by atoms with van der Waals surface area (Å²) in [6, 6.07) is 15.5. The van der Waals surface area contributed by atoms with Crippen molar-refractivity contribution < 1.29 is 13.7 Å². The summed E-state index contributed by atoms with van der Waals surface area (Å²) in [6.07, 6.45) is 0. The zero-order chi connectivity index (χ0) is 16.9. The van der Waals surface area contributed by atoms with Gasteiger partial charge in [0.2, 0.25) is 0 Å². The number of carbonyl (C=O) groups is 1. The fraction of sp³-hybridized carbons (Fsp3) is 0.167. The SMILES string of the molecule is C[C@@H](CNC(=O)c1noc(-c2ccc(F)cc2)n1)c1ccccc1. The molecule has 0 bridgehead atoms. The van der Waals surface area contributed by atoms with E-state index in [0.717, 1.165) is 5.56 Å². The van der Waals surface area contributed by atoms with Gasteiger partial charge in [0.05, 0.1) is 0 Å². The minimum Gasteiger partial charge on any atom is -0.349 e. The van der Waals surface area contributed by atoms with Crippen LogP contribution in [0.3, 0.4) is 0 Å². The predicted molar refractivity (Wildman–Crippen MR) is 86.9 cm³/mol. The molecule has 1 amide bonds. The number of amides is 1. The number of hydrogen-bond acceptors (Lipinski definition) is 4. The predicted octanol–water partition coefficient (Wildman–Crippen LogP) is 3.41. The molecule has 1 heterocycles. The molecule has 3 aromatic rings. The molecule has 6 heteroatoms. The molecule has 0 aliphatic carbocycles. The lowest BCUT2D eigenvalue weighted by atomic mass is 10.0. The highest BCUT2D eigenvalue weighted by atomic mass is 19.1. The monoisotopic (exact) mass is 325 g/mol. The molecule has 2 aromatic carbocycles. The smallest absolute Gasteiger partial charge is 0.292 e. The third-order valence-electron chi connectivity index (χ3n) is 3.66. The minimum atomic E-state index is -0.408. The second kappa shape index (κ2) is 7.04. The average Bonchev–Trinajstić information content (AvgIpc) is 3.11. The van der Waals surface area contributed by atoms with Gasteiger partial charge in [-0.15, -0.1) is 0 Å². The first kappa shape index (κ1) is 15.9. The number of carbonyl (C=O) groups excluding carboxylic acids is 1. The zero-order valence-electron chi connectivity index (χ0n) is 13.1. The molecule has 1 atom stereocenters. The van der Waals surface area contributed by atoms with Gasteiger partial charge in [-0.25, -0.2) is 4.39 Å². The molecule has 0 saturated carbocycles. The van der Waals surface area contributed by atoms with Crippen LogP contribution in [-0.4, -0.2) is 22.6 Å². The van der Waals surface area contributed by atoms with Gasteiger partial charge in [-0.1, -0.05) is 42.4 Å². The molecule has 122 valence electrons. The summed E-state index contributed by atoms with van der Waals surface area (Å²) in [4.78, 5) is 16.2. The van der Waals surface area contributed by atoms with E-state index < -0.39 is 5.91 Å². The Labute approximate surface area is 138 Å². The maximum atomic E-state index is 12.9. The van der Waals surface area contributed by atoms with E-state index in [4.69, 9.17) is 4.52 Å². The van der Waals surface area contributed by atoms with E-state index in [-0.39, 0.29) is 23.5 Å².